The van der Waals surface area contributed by atoms with Gasteiger partial charge in [0.2, 0.25) is 0 Å². The van der Waals surface area contributed by atoms with Gasteiger partial charge in [-0.2, -0.15) is 5.10 Å². The molecule has 5 aromatic carbocycles. The Morgan fingerprint density at radius 2 is 1.73 bits per heavy atom. The Hall–Kier alpha value is -4.89. The van der Waals surface area contributed by atoms with Crippen LogP contribution in [0.4, 0.5) is 10.8 Å². The Morgan fingerprint density at radius 3 is 2.53 bits per heavy atom. The molecule has 0 unspecified atom stereocenters. The number of aromatic nitrogens is 1. The molecule has 1 aromatic heterocycles. The van der Waals surface area contributed by atoms with Crippen LogP contribution in [0.5, 0.6) is 11.5 Å². The average Bonchev–Trinajstić information content (AvgIpc) is 3.53. The van der Waals surface area contributed by atoms with Crippen molar-refractivity contribution >= 4 is 68.3 Å². The van der Waals surface area contributed by atoms with Gasteiger partial charge in [-0.1, -0.05) is 77.8 Å². The fraction of sp³-hybridized carbons (Fsp3) is 0.0571. The van der Waals surface area contributed by atoms with Crippen molar-refractivity contribution in [2.45, 2.75) is 6.61 Å². The van der Waals surface area contributed by atoms with Crippen molar-refractivity contribution in [3.63, 3.8) is 0 Å². The van der Waals surface area contributed by atoms with E-state index in [1.54, 1.807) is 31.4 Å². The van der Waals surface area contributed by atoms with E-state index in [0.717, 1.165) is 38.4 Å². The summed E-state index contributed by atoms with van der Waals surface area (Å²) in [7, 11) is 1.55. The zero-order chi connectivity index (χ0) is 31.2. The summed E-state index contributed by atoms with van der Waals surface area (Å²) in [6.45, 7) is 0.323. The lowest BCUT2D eigenvalue weighted by atomic mass is 10.1. The normalized spacial score (nSPS) is 11.1. The molecule has 6 aromatic rings. The molecule has 0 radical (unpaired) electrons. The van der Waals surface area contributed by atoms with E-state index in [4.69, 9.17) is 32.7 Å². The third-order valence-electron chi connectivity index (χ3n) is 6.93. The monoisotopic (exact) mass is 652 g/mol. The zero-order valence-corrected chi connectivity index (χ0v) is 26.3. The van der Waals surface area contributed by atoms with E-state index in [2.05, 4.69) is 39.0 Å². The molecule has 6 rings (SSSR count). The number of ether oxygens (including phenoxy) is 2. The number of hydrazone groups is 1. The molecular weight excluding hydrogens is 627 g/mol. The molecule has 0 aliphatic rings. The largest absolute Gasteiger partial charge is 0.493 e. The van der Waals surface area contributed by atoms with Crippen LogP contribution in [0, 0.1) is 0 Å². The maximum Gasteiger partial charge on any atom is 0.271 e. The van der Waals surface area contributed by atoms with Crippen LogP contribution >= 0.6 is 34.5 Å². The second-order valence-electron chi connectivity index (χ2n) is 9.91. The minimum absolute atomic E-state index is 0.323. The smallest absolute Gasteiger partial charge is 0.271 e. The summed E-state index contributed by atoms with van der Waals surface area (Å²) in [4.78, 5) is 17.4. The van der Waals surface area contributed by atoms with Gasteiger partial charge < -0.3 is 14.8 Å². The van der Waals surface area contributed by atoms with Gasteiger partial charge in [-0.05, 0) is 70.4 Å². The summed E-state index contributed by atoms with van der Waals surface area (Å²) in [5.41, 5.74) is 7.28. The van der Waals surface area contributed by atoms with Gasteiger partial charge in [0.25, 0.3) is 5.91 Å². The molecule has 2 N–H and O–H groups in total. The molecule has 0 saturated heterocycles. The van der Waals surface area contributed by atoms with Crippen molar-refractivity contribution < 1.29 is 14.3 Å². The van der Waals surface area contributed by atoms with Crippen LogP contribution in [-0.2, 0) is 6.61 Å². The SMILES string of the molecule is COc1cc(/C=N\NC(=O)c2ccc(-c3csc(Nc4ccc(Cl)cc4)n3)cc2)cc(Cl)c1OCc1cccc2ccccc12. The number of hydrogen-bond donors (Lipinski definition) is 2. The number of fused-ring (bicyclic) bond motifs is 1. The van der Waals surface area contributed by atoms with Crippen molar-refractivity contribution in [2.75, 3.05) is 12.4 Å². The molecule has 1 amide bonds. The predicted molar refractivity (Wildman–Crippen MR) is 184 cm³/mol. The lowest BCUT2D eigenvalue weighted by Crippen LogP contribution is -2.17. The number of methoxy groups -OCH3 is 1. The van der Waals surface area contributed by atoms with Crippen LogP contribution < -0.4 is 20.2 Å². The molecule has 0 spiro atoms. The highest BCUT2D eigenvalue weighted by molar-refractivity contribution is 7.14. The van der Waals surface area contributed by atoms with Gasteiger partial charge in [0.05, 0.1) is 24.0 Å². The van der Waals surface area contributed by atoms with E-state index in [1.165, 1.54) is 17.6 Å². The molecule has 7 nitrogen and oxygen atoms in total. The highest BCUT2D eigenvalue weighted by Gasteiger charge is 2.13. The number of halogens is 2. The van der Waals surface area contributed by atoms with Gasteiger partial charge in [-0.25, -0.2) is 10.4 Å². The van der Waals surface area contributed by atoms with Crippen molar-refractivity contribution in [3.05, 3.63) is 135 Å². The summed E-state index contributed by atoms with van der Waals surface area (Å²) in [6, 6.07) is 32.3. The third kappa shape index (κ3) is 7.26. The first-order chi connectivity index (χ1) is 22.0. The first kappa shape index (κ1) is 30.1. The topological polar surface area (TPSA) is 84.8 Å². The Bertz CT molecular complexity index is 1990. The molecular formula is C35H26Cl2N4O3S. The summed E-state index contributed by atoms with van der Waals surface area (Å²) >= 11 is 14.0. The molecule has 0 saturated carbocycles. The molecule has 0 bridgehead atoms. The molecule has 0 atom stereocenters. The standard InChI is InChI=1S/C35H26Cl2N4O3S/c1-43-32-18-22(17-30(37)33(32)44-20-26-7-4-6-23-5-2-3-8-29(23)26)19-38-41-34(42)25-11-9-24(10-12-25)31-21-45-35(40-31)39-28-15-13-27(36)14-16-28/h2-19,21H,20H2,1H3,(H,39,40)(H,41,42)/b38-19-. The van der Waals surface area contributed by atoms with Crippen molar-refractivity contribution in [2.24, 2.45) is 5.10 Å². The number of carbonyl (C=O) groups is 1. The van der Waals surface area contributed by atoms with E-state index >= 15 is 0 Å². The summed E-state index contributed by atoms with van der Waals surface area (Å²) < 4.78 is 11.7. The van der Waals surface area contributed by atoms with Gasteiger partial charge in [0.1, 0.15) is 6.61 Å². The molecule has 0 aliphatic heterocycles. The van der Waals surface area contributed by atoms with E-state index in [9.17, 15) is 4.79 Å². The number of benzene rings is 5. The Balaban J connectivity index is 1.07. The Kier molecular flexibility index (Phi) is 9.26. The lowest BCUT2D eigenvalue weighted by molar-refractivity contribution is 0.0955. The van der Waals surface area contributed by atoms with E-state index < -0.39 is 0 Å². The fourth-order valence-corrected chi connectivity index (χ4v) is 5.80. The third-order valence-corrected chi connectivity index (χ3v) is 8.22. The second-order valence-corrected chi connectivity index (χ2v) is 11.6. The van der Waals surface area contributed by atoms with Gasteiger partial charge >= 0.3 is 0 Å². The van der Waals surface area contributed by atoms with Gasteiger partial charge in [-0.15, -0.1) is 11.3 Å². The highest BCUT2D eigenvalue weighted by atomic mass is 35.5. The second kappa shape index (κ2) is 13.8. The van der Waals surface area contributed by atoms with Crippen molar-refractivity contribution in [1.29, 1.82) is 0 Å². The van der Waals surface area contributed by atoms with Crippen LogP contribution in [0.2, 0.25) is 10.0 Å². The van der Waals surface area contributed by atoms with Crippen molar-refractivity contribution in [1.82, 2.24) is 10.4 Å². The van der Waals surface area contributed by atoms with E-state index in [0.29, 0.717) is 39.3 Å². The number of nitrogens with one attached hydrogen (secondary N) is 2. The van der Waals surface area contributed by atoms with Gasteiger partial charge in [0, 0.05) is 27.2 Å². The quantitative estimate of drug-likeness (QED) is 0.114. The maximum atomic E-state index is 12.7. The molecule has 224 valence electrons. The zero-order valence-electron chi connectivity index (χ0n) is 24.0. The van der Waals surface area contributed by atoms with E-state index in [1.807, 2.05) is 66.0 Å². The number of rotatable bonds is 10. The molecule has 10 heteroatoms. The Morgan fingerprint density at radius 1 is 0.956 bits per heavy atom. The van der Waals surface area contributed by atoms with Crippen LogP contribution in [-0.4, -0.2) is 24.2 Å². The molecule has 0 aliphatic carbocycles. The first-order valence-corrected chi connectivity index (χ1v) is 15.5. The van der Waals surface area contributed by atoms with Crippen molar-refractivity contribution in [3.8, 4) is 22.8 Å². The summed E-state index contributed by atoms with van der Waals surface area (Å²) in [6.07, 6.45) is 1.50. The minimum Gasteiger partial charge on any atom is -0.493 e. The Labute approximate surface area is 274 Å². The van der Waals surface area contributed by atoms with Gasteiger partial charge in [-0.3, -0.25) is 4.79 Å². The fourth-order valence-electron chi connectivity index (χ4n) is 4.67. The lowest BCUT2D eigenvalue weighted by Gasteiger charge is -2.14. The molecule has 0 fully saturated rings. The maximum absolute atomic E-state index is 12.7. The number of anilines is 2. The predicted octanol–water partition coefficient (Wildman–Crippen LogP) is 9.37. The summed E-state index contributed by atoms with van der Waals surface area (Å²) in [5, 5.41) is 13.4. The van der Waals surface area contributed by atoms with Crippen LogP contribution in [0.3, 0.4) is 0 Å². The molecule has 1 heterocycles. The number of hydrogen-bond acceptors (Lipinski definition) is 7. The first-order valence-electron chi connectivity index (χ1n) is 13.9. The minimum atomic E-state index is -0.353. The van der Waals surface area contributed by atoms with Crippen LogP contribution in [0.25, 0.3) is 22.0 Å². The average molecular weight is 654 g/mol. The number of nitrogens with zero attached hydrogens (tertiary/aromatic N) is 2. The van der Waals surface area contributed by atoms with Gasteiger partial charge in [0.15, 0.2) is 16.6 Å². The summed E-state index contributed by atoms with van der Waals surface area (Å²) in [5.74, 6) is 0.537. The number of amides is 1. The van der Waals surface area contributed by atoms with Crippen LogP contribution in [0.1, 0.15) is 21.5 Å². The highest BCUT2D eigenvalue weighted by Crippen LogP contribution is 2.37. The van der Waals surface area contributed by atoms with Crippen LogP contribution in [0.15, 0.2) is 114 Å². The number of thiazole rings is 1. The number of carbonyl (C=O) groups excluding carboxylic acids is 1. The molecule has 45 heavy (non-hydrogen) atoms. The van der Waals surface area contributed by atoms with E-state index in [-0.39, 0.29) is 5.91 Å².